The number of hydrazine groups is 1. The number of hydrogen-bond acceptors (Lipinski definition) is 6. The highest BCUT2D eigenvalue weighted by molar-refractivity contribution is 5.76. The van der Waals surface area contributed by atoms with Crippen molar-refractivity contribution in [3.63, 3.8) is 0 Å². The molecule has 1 saturated heterocycles. The lowest BCUT2D eigenvalue weighted by molar-refractivity contribution is -0.527. The third-order valence-corrected chi connectivity index (χ3v) is 4.04. The molecule has 0 spiro atoms. The average molecular weight is 393 g/mol. The second kappa shape index (κ2) is 9.36. The Kier molecular flexibility index (Phi) is 7.16. The summed E-state index contributed by atoms with van der Waals surface area (Å²) in [4.78, 5) is 24.4. The molecule has 1 aliphatic rings. The topological polar surface area (TPSA) is 130 Å². The summed E-state index contributed by atoms with van der Waals surface area (Å²) < 4.78 is 11.3. The van der Waals surface area contributed by atoms with E-state index in [-0.39, 0.29) is 12.6 Å². The van der Waals surface area contributed by atoms with Crippen LogP contribution in [0.5, 0.6) is 0 Å². The molecule has 1 heterocycles. The van der Waals surface area contributed by atoms with Crippen LogP contribution < -0.4 is 10.7 Å². The van der Waals surface area contributed by atoms with Crippen LogP contribution in [0.1, 0.15) is 39.2 Å². The molecule has 1 aliphatic heterocycles. The highest BCUT2D eigenvalue weighted by Crippen LogP contribution is 2.24. The molecule has 0 saturated carbocycles. The standard InChI is InChI=1S/C18H27N5O5/c1-18(2,3)28-15-14(10-7-11-22(15)16(19)21-23(25)26)20-17(24)27-12-13-8-5-4-6-9-13/h4-6,8-9,14-15H,7,10-12H2,1-3H3,(H2,19,21)(H,20,24)/t14-,15-/m0/s1. The number of piperidine rings is 1. The Balaban J connectivity index is 2.05. The van der Waals surface area contributed by atoms with Gasteiger partial charge in [-0.15, -0.1) is 0 Å². The lowest BCUT2D eigenvalue weighted by Gasteiger charge is -2.43. The Morgan fingerprint density at radius 1 is 1.36 bits per heavy atom. The molecular formula is C18H27N5O5. The van der Waals surface area contributed by atoms with E-state index < -0.39 is 29.0 Å². The van der Waals surface area contributed by atoms with Crippen LogP contribution in [-0.4, -0.2) is 46.4 Å². The normalized spacial score (nSPS) is 19.6. The van der Waals surface area contributed by atoms with E-state index in [2.05, 4.69) is 5.32 Å². The molecule has 1 amide bonds. The van der Waals surface area contributed by atoms with Crippen molar-refractivity contribution in [1.29, 1.82) is 5.41 Å². The molecule has 0 aliphatic carbocycles. The number of guanidine groups is 1. The van der Waals surface area contributed by atoms with Gasteiger partial charge in [0.25, 0.3) is 5.96 Å². The maximum atomic E-state index is 12.3. The van der Waals surface area contributed by atoms with Crippen molar-refractivity contribution in [3.8, 4) is 0 Å². The van der Waals surface area contributed by atoms with Gasteiger partial charge in [-0.1, -0.05) is 35.8 Å². The van der Waals surface area contributed by atoms with Crippen LogP contribution >= 0.6 is 0 Å². The van der Waals surface area contributed by atoms with E-state index >= 15 is 0 Å². The van der Waals surface area contributed by atoms with Gasteiger partial charge >= 0.3 is 6.09 Å². The summed E-state index contributed by atoms with van der Waals surface area (Å²) in [5, 5.41) is 20.7. The first-order chi connectivity index (χ1) is 13.2. The largest absolute Gasteiger partial charge is 0.445 e. The Morgan fingerprint density at radius 3 is 2.64 bits per heavy atom. The fourth-order valence-corrected chi connectivity index (χ4v) is 2.93. The number of hydrogen-bond donors (Lipinski definition) is 3. The van der Waals surface area contributed by atoms with Gasteiger partial charge in [-0.2, -0.15) is 0 Å². The molecule has 28 heavy (non-hydrogen) atoms. The molecule has 2 rings (SSSR count). The van der Waals surface area contributed by atoms with Gasteiger partial charge in [0.15, 0.2) is 11.3 Å². The molecule has 0 radical (unpaired) electrons. The fourth-order valence-electron chi connectivity index (χ4n) is 2.93. The fraction of sp³-hybridized carbons (Fsp3) is 0.556. The number of carbonyl (C=O) groups is 1. The second-order valence-electron chi connectivity index (χ2n) is 7.49. The highest BCUT2D eigenvalue weighted by atomic mass is 16.7. The zero-order chi connectivity index (χ0) is 20.7. The van der Waals surface area contributed by atoms with E-state index in [4.69, 9.17) is 14.9 Å². The van der Waals surface area contributed by atoms with E-state index in [1.54, 1.807) is 0 Å². The number of amides is 1. The zero-order valence-electron chi connectivity index (χ0n) is 16.3. The van der Waals surface area contributed by atoms with E-state index in [0.717, 1.165) is 5.56 Å². The number of nitrogens with one attached hydrogen (secondary N) is 3. The number of nitrogens with zero attached hydrogens (tertiary/aromatic N) is 2. The zero-order valence-corrected chi connectivity index (χ0v) is 16.3. The summed E-state index contributed by atoms with van der Waals surface area (Å²) in [7, 11) is 0. The monoisotopic (exact) mass is 393 g/mol. The van der Waals surface area contributed by atoms with Gasteiger partial charge in [0.05, 0.1) is 11.6 Å². The van der Waals surface area contributed by atoms with Crippen LogP contribution in [0.25, 0.3) is 0 Å². The number of carbonyl (C=O) groups excluding carboxylic acids is 1. The minimum absolute atomic E-state index is 0.132. The van der Waals surface area contributed by atoms with Crippen LogP contribution in [0.15, 0.2) is 30.3 Å². The maximum absolute atomic E-state index is 12.3. The first-order valence-corrected chi connectivity index (χ1v) is 9.07. The predicted octanol–water partition coefficient (Wildman–Crippen LogP) is 2.23. The minimum Gasteiger partial charge on any atom is -0.445 e. The van der Waals surface area contributed by atoms with Gasteiger partial charge in [0, 0.05) is 6.54 Å². The Bertz CT molecular complexity index is 691. The summed E-state index contributed by atoms with van der Waals surface area (Å²) in [5.41, 5.74) is 2.14. The van der Waals surface area contributed by atoms with E-state index in [1.807, 2.05) is 56.5 Å². The summed E-state index contributed by atoms with van der Waals surface area (Å²) in [6.45, 7) is 6.06. The van der Waals surface area contributed by atoms with Crippen molar-refractivity contribution in [3.05, 3.63) is 46.0 Å². The van der Waals surface area contributed by atoms with Crippen molar-refractivity contribution in [2.24, 2.45) is 0 Å². The van der Waals surface area contributed by atoms with Crippen molar-refractivity contribution < 1.29 is 19.3 Å². The number of nitro groups is 1. The summed E-state index contributed by atoms with van der Waals surface area (Å²) in [6.07, 6.45) is -0.108. The third-order valence-electron chi connectivity index (χ3n) is 4.04. The maximum Gasteiger partial charge on any atom is 0.407 e. The lowest BCUT2D eigenvalue weighted by Crippen LogP contribution is -2.62. The minimum atomic E-state index is -0.790. The van der Waals surface area contributed by atoms with Gasteiger partial charge < -0.3 is 19.7 Å². The van der Waals surface area contributed by atoms with E-state index in [1.165, 1.54) is 4.90 Å². The van der Waals surface area contributed by atoms with Crippen molar-refractivity contribution in [2.75, 3.05) is 6.54 Å². The van der Waals surface area contributed by atoms with Gasteiger partial charge in [-0.05, 0) is 39.2 Å². The van der Waals surface area contributed by atoms with Crippen LogP contribution in [0.3, 0.4) is 0 Å². The summed E-state index contributed by atoms with van der Waals surface area (Å²) >= 11 is 0. The van der Waals surface area contributed by atoms with Gasteiger partial charge in [0.2, 0.25) is 0 Å². The molecule has 0 bridgehead atoms. The van der Waals surface area contributed by atoms with E-state index in [0.29, 0.717) is 19.4 Å². The van der Waals surface area contributed by atoms with Crippen LogP contribution in [0, 0.1) is 15.5 Å². The SMILES string of the molecule is CC(C)(C)O[C@H]1[C@@H](NC(=O)OCc2ccccc2)CCCN1C(=N)N[N+](=O)[O-]. The lowest BCUT2D eigenvalue weighted by atomic mass is 10.0. The summed E-state index contributed by atoms with van der Waals surface area (Å²) in [6, 6.07) is 8.82. The number of alkyl carbamates (subject to hydrolysis) is 1. The number of likely N-dealkylation sites (tertiary alicyclic amines) is 1. The third kappa shape index (κ3) is 6.69. The smallest absolute Gasteiger partial charge is 0.407 e. The van der Waals surface area contributed by atoms with Crippen molar-refractivity contribution >= 4 is 12.1 Å². The van der Waals surface area contributed by atoms with Crippen LogP contribution in [-0.2, 0) is 16.1 Å². The molecule has 1 aromatic carbocycles. The quantitative estimate of drug-likeness (QED) is 0.303. The van der Waals surface area contributed by atoms with Crippen molar-refractivity contribution in [2.45, 2.75) is 58.1 Å². The molecule has 1 aromatic rings. The Hall–Kier alpha value is -2.88. The Morgan fingerprint density at radius 2 is 2.04 bits per heavy atom. The average Bonchev–Trinajstić information content (AvgIpc) is 2.60. The second-order valence-corrected chi connectivity index (χ2v) is 7.49. The number of rotatable bonds is 5. The number of ether oxygens (including phenoxy) is 2. The van der Waals surface area contributed by atoms with Gasteiger partial charge in [-0.3, -0.25) is 5.41 Å². The van der Waals surface area contributed by atoms with Crippen LogP contribution in [0.4, 0.5) is 4.79 Å². The first-order valence-electron chi connectivity index (χ1n) is 9.07. The molecule has 0 unspecified atom stereocenters. The van der Waals surface area contributed by atoms with Gasteiger partial charge in [0.1, 0.15) is 6.61 Å². The number of benzene rings is 1. The molecule has 0 aromatic heterocycles. The molecule has 154 valence electrons. The summed E-state index contributed by atoms with van der Waals surface area (Å²) in [5.74, 6) is -0.386. The molecule has 2 atom stereocenters. The molecule has 1 fully saturated rings. The van der Waals surface area contributed by atoms with E-state index in [9.17, 15) is 14.9 Å². The predicted molar refractivity (Wildman–Crippen MR) is 102 cm³/mol. The Labute approximate surface area is 163 Å². The first kappa shape index (κ1) is 21.4. The molecule has 3 N–H and O–H groups in total. The highest BCUT2D eigenvalue weighted by Gasteiger charge is 2.38. The van der Waals surface area contributed by atoms with Crippen LogP contribution in [0.2, 0.25) is 0 Å². The molecular weight excluding hydrogens is 366 g/mol. The molecule has 10 heteroatoms. The molecule has 10 nitrogen and oxygen atoms in total. The van der Waals surface area contributed by atoms with Crippen molar-refractivity contribution in [1.82, 2.24) is 15.6 Å². The van der Waals surface area contributed by atoms with Gasteiger partial charge in [-0.25, -0.2) is 14.9 Å².